The number of anilines is 1. The molecule has 146 valence electrons. The summed E-state index contributed by atoms with van der Waals surface area (Å²) in [4.78, 5) is 12.6. The van der Waals surface area contributed by atoms with E-state index >= 15 is 0 Å². The Hall–Kier alpha value is -1.96. The lowest BCUT2D eigenvalue weighted by molar-refractivity contribution is -0.122. The van der Waals surface area contributed by atoms with Gasteiger partial charge in [0.25, 0.3) is 0 Å². The van der Waals surface area contributed by atoms with E-state index in [1.165, 1.54) is 19.1 Å². The minimum Gasteiger partial charge on any atom is -0.497 e. The monoisotopic (exact) mass is 430 g/mol. The quantitative estimate of drug-likeness (QED) is 0.729. The number of ether oxygens (including phenoxy) is 1. The number of amides is 1. The van der Waals surface area contributed by atoms with Crippen LogP contribution in [0.25, 0.3) is 0 Å². The molecule has 1 atom stereocenters. The number of sulfonamides is 1. The van der Waals surface area contributed by atoms with Crippen molar-refractivity contribution in [1.82, 2.24) is 5.32 Å². The SMILES string of the molecule is COc1ccc(CNC(=O)[C@H](C)N(c2cc(Cl)ccc2Cl)S(C)(=O)=O)cc1. The number of nitrogens with one attached hydrogen (secondary N) is 1. The summed E-state index contributed by atoms with van der Waals surface area (Å²) in [6, 6.07) is 10.6. The topological polar surface area (TPSA) is 75.7 Å². The van der Waals surface area contributed by atoms with Crippen LogP contribution in [0.15, 0.2) is 42.5 Å². The van der Waals surface area contributed by atoms with Gasteiger partial charge in [0, 0.05) is 11.6 Å². The molecule has 0 spiro atoms. The Kier molecular flexibility index (Phi) is 6.97. The molecule has 0 fully saturated rings. The molecule has 0 bridgehead atoms. The summed E-state index contributed by atoms with van der Waals surface area (Å²) < 4.78 is 30.7. The average molecular weight is 431 g/mol. The number of hydrogen-bond acceptors (Lipinski definition) is 4. The van der Waals surface area contributed by atoms with Gasteiger partial charge in [-0.15, -0.1) is 0 Å². The van der Waals surface area contributed by atoms with Crippen molar-refractivity contribution >= 4 is 44.8 Å². The molecule has 6 nitrogen and oxygen atoms in total. The highest BCUT2D eigenvalue weighted by Gasteiger charge is 2.30. The van der Waals surface area contributed by atoms with Gasteiger partial charge in [-0.25, -0.2) is 8.42 Å². The van der Waals surface area contributed by atoms with E-state index in [2.05, 4.69) is 5.32 Å². The normalized spacial score (nSPS) is 12.3. The number of nitrogens with zero attached hydrogens (tertiary/aromatic N) is 1. The first-order valence-electron chi connectivity index (χ1n) is 7.98. The molecule has 0 heterocycles. The number of hydrogen-bond donors (Lipinski definition) is 1. The highest BCUT2D eigenvalue weighted by molar-refractivity contribution is 7.92. The second-order valence-electron chi connectivity index (χ2n) is 5.90. The largest absolute Gasteiger partial charge is 0.497 e. The summed E-state index contributed by atoms with van der Waals surface area (Å²) >= 11 is 12.1. The van der Waals surface area contributed by atoms with Crippen LogP contribution in [-0.2, 0) is 21.4 Å². The first-order valence-corrected chi connectivity index (χ1v) is 10.6. The molecule has 0 saturated carbocycles. The summed E-state index contributed by atoms with van der Waals surface area (Å²) in [6.45, 7) is 1.73. The van der Waals surface area contributed by atoms with Crippen LogP contribution in [0.3, 0.4) is 0 Å². The predicted molar refractivity (Wildman–Crippen MR) is 108 cm³/mol. The van der Waals surface area contributed by atoms with E-state index in [1.54, 1.807) is 25.3 Å². The van der Waals surface area contributed by atoms with Gasteiger partial charge in [0.1, 0.15) is 11.8 Å². The molecular weight excluding hydrogens is 411 g/mol. The van der Waals surface area contributed by atoms with Gasteiger partial charge in [-0.05, 0) is 42.8 Å². The maximum Gasteiger partial charge on any atom is 0.243 e. The lowest BCUT2D eigenvalue weighted by Crippen LogP contribution is -2.47. The minimum absolute atomic E-state index is 0.152. The molecule has 0 aromatic heterocycles. The Balaban J connectivity index is 2.20. The zero-order chi connectivity index (χ0) is 20.2. The number of halogens is 2. The third kappa shape index (κ3) is 5.51. The van der Waals surface area contributed by atoms with Crippen LogP contribution in [0, 0.1) is 0 Å². The first kappa shape index (κ1) is 21.3. The van der Waals surface area contributed by atoms with Crippen molar-refractivity contribution < 1.29 is 17.9 Å². The third-order valence-electron chi connectivity index (χ3n) is 3.86. The lowest BCUT2D eigenvalue weighted by atomic mass is 10.2. The Morgan fingerprint density at radius 3 is 2.37 bits per heavy atom. The maximum atomic E-state index is 12.6. The van der Waals surface area contributed by atoms with Gasteiger partial charge in [-0.2, -0.15) is 0 Å². The molecule has 2 aromatic rings. The Morgan fingerprint density at radius 1 is 1.19 bits per heavy atom. The molecule has 27 heavy (non-hydrogen) atoms. The molecule has 2 rings (SSSR count). The molecule has 0 saturated heterocycles. The van der Waals surface area contributed by atoms with Crippen molar-refractivity contribution in [2.45, 2.75) is 19.5 Å². The molecule has 0 unspecified atom stereocenters. The van der Waals surface area contributed by atoms with Gasteiger partial charge in [0.2, 0.25) is 15.9 Å². The Morgan fingerprint density at radius 2 is 1.81 bits per heavy atom. The van der Waals surface area contributed by atoms with Gasteiger partial charge >= 0.3 is 0 Å². The van der Waals surface area contributed by atoms with Crippen LogP contribution in [0.1, 0.15) is 12.5 Å². The van der Waals surface area contributed by atoms with Gasteiger partial charge in [-0.1, -0.05) is 35.3 Å². The summed E-state index contributed by atoms with van der Waals surface area (Å²) in [7, 11) is -2.21. The van der Waals surface area contributed by atoms with E-state index in [9.17, 15) is 13.2 Å². The first-order chi connectivity index (χ1) is 12.6. The number of carbonyl (C=O) groups is 1. The number of methoxy groups -OCH3 is 1. The summed E-state index contributed by atoms with van der Waals surface area (Å²) in [6.07, 6.45) is 1.01. The summed E-state index contributed by atoms with van der Waals surface area (Å²) in [5, 5.41) is 3.22. The van der Waals surface area contributed by atoms with Gasteiger partial charge < -0.3 is 10.1 Å². The molecule has 1 amide bonds. The van der Waals surface area contributed by atoms with Crippen molar-refractivity contribution in [1.29, 1.82) is 0 Å². The minimum atomic E-state index is -3.78. The van der Waals surface area contributed by atoms with E-state index in [4.69, 9.17) is 27.9 Å². The van der Waals surface area contributed by atoms with Gasteiger partial charge in [0.15, 0.2) is 0 Å². The molecule has 0 aliphatic rings. The Labute approximate surface area is 169 Å². The maximum absolute atomic E-state index is 12.6. The standard InChI is InChI=1S/C18H20Cl2N2O4S/c1-12(18(23)21-11-13-4-7-15(26-2)8-5-13)22(27(3,24)25)17-10-14(19)6-9-16(17)20/h4-10,12H,11H2,1-3H3,(H,21,23)/t12-/m0/s1. The van der Waals surface area contributed by atoms with E-state index < -0.39 is 22.0 Å². The van der Waals surface area contributed by atoms with Crippen LogP contribution < -0.4 is 14.4 Å². The highest BCUT2D eigenvalue weighted by Crippen LogP contribution is 2.32. The molecule has 0 aliphatic heterocycles. The van der Waals surface area contributed by atoms with Crippen LogP contribution in [0.5, 0.6) is 5.75 Å². The third-order valence-corrected chi connectivity index (χ3v) is 5.64. The van der Waals surface area contributed by atoms with Crippen LogP contribution in [-0.4, -0.2) is 33.7 Å². The lowest BCUT2D eigenvalue weighted by Gasteiger charge is -2.29. The molecule has 1 N–H and O–H groups in total. The van der Waals surface area contributed by atoms with Crippen LogP contribution >= 0.6 is 23.2 Å². The molecule has 0 aliphatic carbocycles. The zero-order valence-corrected chi connectivity index (χ0v) is 17.4. The van der Waals surface area contributed by atoms with Crippen molar-refractivity contribution in [3.8, 4) is 5.75 Å². The predicted octanol–water partition coefficient (Wildman–Crippen LogP) is 3.47. The second kappa shape index (κ2) is 8.82. The fourth-order valence-electron chi connectivity index (χ4n) is 2.52. The fraction of sp³-hybridized carbons (Fsp3) is 0.278. The summed E-state index contributed by atoms with van der Waals surface area (Å²) in [5.74, 6) is 0.240. The zero-order valence-electron chi connectivity index (χ0n) is 15.1. The number of benzene rings is 2. The Bertz CT molecular complexity index is 917. The van der Waals surface area contributed by atoms with Crippen LogP contribution in [0.2, 0.25) is 10.0 Å². The van der Waals surface area contributed by atoms with Crippen molar-refractivity contribution in [3.05, 3.63) is 58.1 Å². The van der Waals surface area contributed by atoms with Crippen molar-refractivity contribution in [2.75, 3.05) is 17.7 Å². The number of rotatable bonds is 7. The van der Waals surface area contributed by atoms with Gasteiger partial charge in [-0.3, -0.25) is 9.10 Å². The summed E-state index contributed by atoms with van der Waals surface area (Å²) in [5.41, 5.74) is 1.00. The van der Waals surface area contributed by atoms with E-state index in [0.29, 0.717) is 10.8 Å². The van der Waals surface area contributed by atoms with Gasteiger partial charge in [0.05, 0.1) is 24.1 Å². The molecular formula is C18H20Cl2N2O4S. The van der Waals surface area contributed by atoms with Crippen LogP contribution in [0.4, 0.5) is 5.69 Å². The van der Waals surface area contributed by atoms with Crippen molar-refractivity contribution in [2.24, 2.45) is 0 Å². The smallest absolute Gasteiger partial charge is 0.243 e. The highest BCUT2D eigenvalue weighted by atomic mass is 35.5. The fourth-order valence-corrected chi connectivity index (χ4v) is 4.12. The molecule has 9 heteroatoms. The number of carbonyl (C=O) groups excluding carboxylic acids is 1. The molecule has 2 aromatic carbocycles. The van der Waals surface area contributed by atoms with E-state index in [0.717, 1.165) is 16.1 Å². The molecule has 0 radical (unpaired) electrons. The van der Waals surface area contributed by atoms with E-state index in [1.807, 2.05) is 12.1 Å². The second-order valence-corrected chi connectivity index (χ2v) is 8.60. The van der Waals surface area contributed by atoms with E-state index in [-0.39, 0.29) is 17.3 Å². The average Bonchev–Trinajstić information content (AvgIpc) is 2.62. The van der Waals surface area contributed by atoms with Crippen molar-refractivity contribution in [3.63, 3.8) is 0 Å².